The SMILES string of the molecule is CCCc1ccc(OCC(=O)Nc2nc3ccc(S(C)(=O)=O)cc3s2)c(Br)c1. The highest BCUT2D eigenvalue weighted by atomic mass is 79.9. The van der Waals surface area contributed by atoms with E-state index >= 15 is 0 Å². The van der Waals surface area contributed by atoms with Crippen LogP contribution in [0.3, 0.4) is 0 Å². The molecule has 0 aliphatic rings. The minimum Gasteiger partial charge on any atom is -0.483 e. The Morgan fingerprint density at radius 3 is 2.71 bits per heavy atom. The van der Waals surface area contributed by atoms with Gasteiger partial charge in [0, 0.05) is 6.26 Å². The van der Waals surface area contributed by atoms with E-state index in [-0.39, 0.29) is 17.4 Å². The second-order valence-electron chi connectivity index (χ2n) is 6.27. The summed E-state index contributed by atoms with van der Waals surface area (Å²) in [6.07, 6.45) is 3.20. The average Bonchev–Trinajstić information content (AvgIpc) is 3.01. The zero-order valence-corrected chi connectivity index (χ0v) is 18.6. The van der Waals surface area contributed by atoms with E-state index in [1.807, 2.05) is 18.2 Å². The van der Waals surface area contributed by atoms with Crippen molar-refractivity contribution in [3.8, 4) is 5.75 Å². The van der Waals surface area contributed by atoms with Crippen molar-refractivity contribution in [2.75, 3.05) is 18.2 Å². The molecule has 0 spiro atoms. The molecule has 1 N–H and O–H groups in total. The Kier molecular flexibility index (Phi) is 6.36. The van der Waals surface area contributed by atoms with E-state index in [0.29, 0.717) is 21.1 Å². The zero-order valence-electron chi connectivity index (χ0n) is 15.4. The molecule has 1 heterocycles. The van der Waals surface area contributed by atoms with Gasteiger partial charge in [-0.05, 0) is 58.2 Å². The minimum atomic E-state index is -3.29. The van der Waals surface area contributed by atoms with Gasteiger partial charge in [0.1, 0.15) is 5.75 Å². The van der Waals surface area contributed by atoms with Crippen molar-refractivity contribution in [3.63, 3.8) is 0 Å². The summed E-state index contributed by atoms with van der Waals surface area (Å²) in [5.41, 5.74) is 1.83. The Morgan fingerprint density at radius 2 is 2.04 bits per heavy atom. The van der Waals surface area contributed by atoms with Crippen LogP contribution in [0.5, 0.6) is 5.75 Å². The van der Waals surface area contributed by atoms with E-state index in [1.54, 1.807) is 12.1 Å². The number of aryl methyl sites for hydroxylation is 1. The van der Waals surface area contributed by atoms with Crippen molar-refractivity contribution in [1.29, 1.82) is 0 Å². The summed E-state index contributed by atoms with van der Waals surface area (Å²) in [6.45, 7) is 1.96. The van der Waals surface area contributed by atoms with Gasteiger partial charge in [0.2, 0.25) is 0 Å². The molecule has 2 aromatic carbocycles. The Bertz CT molecular complexity index is 1130. The number of carbonyl (C=O) groups is 1. The molecule has 9 heteroatoms. The van der Waals surface area contributed by atoms with Gasteiger partial charge in [-0.25, -0.2) is 13.4 Å². The van der Waals surface area contributed by atoms with Crippen LogP contribution in [0.4, 0.5) is 5.13 Å². The van der Waals surface area contributed by atoms with Gasteiger partial charge in [-0.3, -0.25) is 10.1 Å². The third-order valence-electron chi connectivity index (χ3n) is 3.93. The standard InChI is InChI=1S/C19H19BrN2O4S2/c1-3-4-12-5-8-16(14(20)9-12)26-11-18(23)22-19-21-15-7-6-13(28(2,24)25)10-17(15)27-19/h5-10H,3-4,11H2,1-2H3,(H,21,22,23). The molecule has 0 aliphatic carbocycles. The normalized spacial score (nSPS) is 11.5. The Hall–Kier alpha value is -1.97. The van der Waals surface area contributed by atoms with Gasteiger partial charge in [0.25, 0.3) is 5.91 Å². The fourth-order valence-corrected chi connectivity index (χ4v) is 4.78. The molecule has 0 saturated heterocycles. The van der Waals surface area contributed by atoms with E-state index < -0.39 is 9.84 Å². The summed E-state index contributed by atoms with van der Waals surface area (Å²) in [5, 5.41) is 3.08. The number of sulfone groups is 1. The highest BCUT2D eigenvalue weighted by Gasteiger charge is 2.13. The molecule has 28 heavy (non-hydrogen) atoms. The second-order valence-corrected chi connectivity index (χ2v) is 10.2. The molecule has 6 nitrogen and oxygen atoms in total. The molecule has 0 atom stereocenters. The van der Waals surface area contributed by atoms with E-state index in [0.717, 1.165) is 23.6 Å². The first kappa shape index (κ1) is 20.8. The molecule has 0 radical (unpaired) electrons. The summed E-state index contributed by atoms with van der Waals surface area (Å²) < 4.78 is 30.4. The maximum absolute atomic E-state index is 12.2. The fraction of sp³-hybridized carbons (Fsp3) is 0.263. The van der Waals surface area contributed by atoms with Crippen LogP contribution < -0.4 is 10.1 Å². The third kappa shape index (κ3) is 5.09. The summed E-state index contributed by atoms with van der Waals surface area (Å²) >= 11 is 4.68. The number of ether oxygens (including phenoxy) is 1. The highest BCUT2D eigenvalue weighted by Crippen LogP contribution is 2.29. The zero-order chi connectivity index (χ0) is 20.3. The number of hydrogen-bond donors (Lipinski definition) is 1. The minimum absolute atomic E-state index is 0.157. The van der Waals surface area contributed by atoms with Gasteiger partial charge in [-0.2, -0.15) is 0 Å². The maximum Gasteiger partial charge on any atom is 0.264 e. The first-order chi connectivity index (χ1) is 13.3. The molecule has 0 aliphatic heterocycles. The van der Waals surface area contributed by atoms with Crippen LogP contribution >= 0.6 is 27.3 Å². The van der Waals surface area contributed by atoms with Gasteiger partial charge in [-0.15, -0.1) is 0 Å². The maximum atomic E-state index is 12.2. The van der Waals surface area contributed by atoms with Crippen LogP contribution in [0, 0.1) is 0 Å². The van der Waals surface area contributed by atoms with Crippen LogP contribution in [0.25, 0.3) is 10.2 Å². The van der Waals surface area contributed by atoms with Crippen LogP contribution in [0.15, 0.2) is 45.8 Å². The lowest BCUT2D eigenvalue weighted by atomic mass is 10.1. The molecule has 148 valence electrons. The summed E-state index contributed by atoms with van der Waals surface area (Å²) in [6, 6.07) is 10.5. The Balaban J connectivity index is 1.65. The van der Waals surface area contributed by atoms with Crippen LogP contribution in [0.2, 0.25) is 0 Å². The van der Waals surface area contributed by atoms with Gasteiger partial charge in [-0.1, -0.05) is 30.7 Å². The number of anilines is 1. The van der Waals surface area contributed by atoms with Crippen molar-refractivity contribution in [1.82, 2.24) is 4.98 Å². The first-order valence-electron chi connectivity index (χ1n) is 8.58. The van der Waals surface area contributed by atoms with E-state index in [1.165, 1.54) is 23.0 Å². The number of carbonyl (C=O) groups excluding carboxylic acids is 1. The molecule has 1 aromatic heterocycles. The number of thiazole rings is 1. The molecule has 3 aromatic rings. The number of amides is 1. The molecule has 1 amide bonds. The van der Waals surface area contributed by atoms with Crippen molar-refractivity contribution in [2.45, 2.75) is 24.7 Å². The first-order valence-corrected chi connectivity index (χ1v) is 12.1. The second kappa shape index (κ2) is 8.59. The molecule has 0 fully saturated rings. The fourth-order valence-electron chi connectivity index (χ4n) is 2.59. The van der Waals surface area contributed by atoms with Crippen molar-refractivity contribution in [3.05, 3.63) is 46.4 Å². The average molecular weight is 483 g/mol. The smallest absolute Gasteiger partial charge is 0.264 e. The van der Waals surface area contributed by atoms with Gasteiger partial charge in [0.15, 0.2) is 21.6 Å². The predicted molar refractivity (Wildman–Crippen MR) is 115 cm³/mol. The quantitative estimate of drug-likeness (QED) is 0.538. The number of hydrogen-bond acceptors (Lipinski definition) is 6. The molecule has 0 bridgehead atoms. The molecule has 0 saturated carbocycles. The lowest BCUT2D eigenvalue weighted by Crippen LogP contribution is -2.20. The van der Waals surface area contributed by atoms with Gasteiger partial charge in [0.05, 0.1) is 19.6 Å². The molecule has 0 unspecified atom stereocenters. The number of fused-ring (bicyclic) bond motifs is 1. The number of nitrogens with one attached hydrogen (secondary N) is 1. The van der Waals surface area contributed by atoms with E-state index in [9.17, 15) is 13.2 Å². The monoisotopic (exact) mass is 482 g/mol. The Morgan fingerprint density at radius 1 is 1.25 bits per heavy atom. The van der Waals surface area contributed by atoms with Crippen LogP contribution in [-0.4, -0.2) is 32.2 Å². The summed E-state index contributed by atoms with van der Waals surface area (Å²) in [5.74, 6) is 0.254. The number of nitrogens with zero attached hydrogens (tertiary/aromatic N) is 1. The predicted octanol–water partition coefficient (Wildman–Crippen LogP) is 4.43. The number of halogens is 1. The van der Waals surface area contributed by atoms with Crippen LogP contribution in [0.1, 0.15) is 18.9 Å². The summed E-state index contributed by atoms with van der Waals surface area (Å²) in [7, 11) is -3.29. The van der Waals surface area contributed by atoms with Crippen molar-refractivity contribution < 1.29 is 17.9 Å². The number of benzene rings is 2. The van der Waals surface area contributed by atoms with Gasteiger partial charge < -0.3 is 4.74 Å². The largest absolute Gasteiger partial charge is 0.483 e. The summed E-state index contributed by atoms with van der Waals surface area (Å²) in [4.78, 5) is 16.7. The number of rotatable bonds is 7. The van der Waals surface area contributed by atoms with Crippen LogP contribution in [-0.2, 0) is 21.1 Å². The van der Waals surface area contributed by atoms with Crippen molar-refractivity contribution in [2.24, 2.45) is 0 Å². The highest BCUT2D eigenvalue weighted by molar-refractivity contribution is 9.10. The Labute approximate surface area is 176 Å². The topological polar surface area (TPSA) is 85.4 Å². The number of aromatic nitrogens is 1. The third-order valence-corrected chi connectivity index (χ3v) is 6.59. The lowest BCUT2D eigenvalue weighted by Gasteiger charge is -2.09. The van der Waals surface area contributed by atoms with E-state index in [2.05, 4.69) is 33.2 Å². The van der Waals surface area contributed by atoms with Crippen molar-refractivity contribution >= 4 is 58.4 Å². The van der Waals surface area contributed by atoms with Gasteiger partial charge >= 0.3 is 0 Å². The molecular weight excluding hydrogens is 464 g/mol. The molecular formula is C19H19BrN2O4S2. The lowest BCUT2D eigenvalue weighted by molar-refractivity contribution is -0.118. The molecule has 3 rings (SSSR count). The van der Waals surface area contributed by atoms with E-state index in [4.69, 9.17) is 4.74 Å².